The highest BCUT2D eigenvalue weighted by molar-refractivity contribution is 9.10. The lowest BCUT2D eigenvalue weighted by atomic mass is 10.1. The maximum atomic E-state index is 6.04. The van der Waals surface area contributed by atoms with Gasteiger partial charge in [-0.3, -0.25) is 0 Å². The first-order chi connectivity index (χ1) is 9.11. The molecule has 19 heavy (non-hydrogen) atoms. The van der Waals surface area contributed by atoms with Gasteiger partial charge in [0.25, 0.3) is 0 Å². The Kier molecular flexibility index (Phi) is 4.89. The first-order valence-corrected chi connectivity index (χ1v) is 7.55. The van der Waals surface area contributed by atoms with Gasteiger partial charge in [0.1, 0.15) is 0 Å². The monoisotopic (exact) mass is 337 g/mol. The molecule has 0 aliphatic carbocycles. The Bertz CT molecular complexity index is 581. The van der Waals surface area contributed by atoms with Crippen LogP contribution in [0.15, 0.2) is 40.9 Å². The highest BCUT2D eigenvalue weighted by Crippen LogP contribution is 2.25. The van der Waals surface area contributed by atoms with Gasteiger partial charge in [0, 0.05) is 21.7 Å². The minimum Gasteiger partial charge on any atom is -0.380 e. The molecule has 0 saturated carbocycles. The van der Waals surface area contributed by atoms with E-state index < -0.39 is 0 Å². The third-order valence-electron chi connectivity index (χ3n) is 3.20. The van der Waals surface area contributed by atoms with Crippen LogP contribution in [0.5, 0.6) is 0 Å². The number of anilines is 1. The lowest BCUT2D eigenvalue weighted by Gasteiger charge is -2.15. The molecule has 1 nitrogen and oxygen atoms in total. The van der Waals surface area contributed by atoms with Crippen LogP contribution < -0.4 is 5.32 Å². The van der Waals surface area contributed by atoms with E-state index in [4.69, 9.17) is 11.6 Å². The Labute approximate surface area is 128 Å². The van der Waals surface area contributed by atoms with Crippen LogP contribution in [-0.4, -0.2) is 0 Å². The van der Waals surface area contributed by atoms with Crippen molar-refractivity contribution in [1.82, 2.24) is 0 Å². The summed E-state index contributed by atoms with van der Waals surface area (Å²) in [4.78, 5) is 0. The number of nitrogens with one attached hydrogen (secondary N) is 1. The second-order valence-corrected chi connectivity index (χ2v) is 5.84. The molecule has 0 unspecified atom stereocenters. The highest BCUT2D eigenvalue weighted by Gasteiger charge is 2.05. The van der Waals surface area contributed by atoms with Crippen molar-refractivity contribution in [3.63, 3.8) is 0 Å². The molecule has 0 fully saturated rings. The molecule has 0 spiro atoms. The Balaban J connectivity index is 2.21. The first-order valence-electron chi connectivity index (χ1n) is 6.38. The summed E-state index contributed by atoms with van der Waals surface area (Å²) in [7, 11) is 0. The Morgan fingerprint density at radius 3 is 2.68 bits per heavy atom. The number of rotatable bonds is 4. The van der Waals surface area contributed by atoms with Gasteiger partial charge < -0.3 is 5.32 Å². The van der Waals surface area contributed by atoms with Crippen molar-refractivity contribution in [3.8, 4) is 0 Å². The van der Waals surface area contributed by atoms with Crippen molar-refractivity contribution < 1.29 is 0 Å². The SMILES string of the molecule is CCc1cccc(C)c1NCc1cc(Cl)ccc1Br. The molecule has 2 rings (SSSR count). The molecule has 0 atom stereocenters. The minimum absolute atomic E-state index is 0.763. The van der Waals surface area contributed by atoms with Gasteiger partial charge in [-0.1, -0.05) is 52.7 Å². The van der Waals surface area contributed by atoms with Crippen molar-refractivity contribution in [2.75, 3.05) is 5.32 Å². The van der Waals surface area contributed by atoms with Gasteiger partial charge in [-0.25, -0.2) is 0 Å². The van der Waals surface area contributed by atoms with Gasteiger partial charge in [-0.05, 0) is 48.2 Å². The molecule has 0 amide bonds. The summed E-state index contributed by atoms with van der Waals surface area (Å²) in [5, 5.41) is 4.29. The maximum Gasteiger partial charge on any atom is 0.0412 e. The predicted octanol–water partition coefficient (Wildman–Crippen LogP) is 5.59. The molecule has 0 aliphatic rings. The predicted molar refractivity (Wildman–Crippen MR) is 87.0 cm³/mol. The molecule has 0 saturated heterocycles. The summed E-state index contributed by atoms with van der Waals surface area (Å²) in [6.07, 6.45) is 1.03. The Morgan fingerprint density at radius 2 is 1.95 bits per heavy atom. The van der Waals surface area contributed by atoms with Crippen LogP contribution >= 0.6 is 27.5 Å². The van der Waals surface area contributed by atoms with Crippen LogP contribution in [0.1, 0.15) is 23.6 Å². The van der Waals surface area contributed by atoms with Crippen molar-refractivity contribution in [2.24, 2.45) is 0 Å². The van der Waals surface area contributed by atoms with E-state index in [1.54, 1.807) is 0 Å². The topological polar surface area (TPSA) is 12.0 Å². The van der Waals surface area contributed by atoms with Crippen molar-refractivity contribution >= 4 is 33.2 Å². The largest absolute Gasteiger partial charge is 0.380 e. The standard InChI is InChI=1S/C16H17BrClN/c1-3-12-6-4-5-11(2)16(12)19-10-13-9-14(18)7-8-15(13)17/h4-9,19H,3,10H2,1-2H3. The second kappa shape index (κ2) is 6.44. The maximum absolute atomic E-state index is 6.04. The number of benzene rings is 2. The third-order valence-corrected chi connectivity index (χ3v) is 4.21. The van der Waals surface area contributed by atoms with Crippen LogP contribution in [-0.2, 0) is 13.0 Å². The smallest absolute Gasteiger partial charge is 0.0412 e. The number of halogens is 2. The van der Waals surface area contributed by atoms with Crippen LogP contribution in [0.4, 0.5) is 5.69 Å². The van der Waals surface area contributed by atoms with Crippen molar-refractivity contribution in [3.05, 3.63) is 62.6 Å². The van der Waals surface area contributed by atoms with E-state index >= 15 is 0 Å². The van der Waals surface area contributed by atoms with E-state index in [1.807, 2.05) is 18.2 Å². The van der Waals surface area contributed by atoms with Crippen LogP contribution in [0.2, 0.25) is 5.02 Å². The Hall–Kier alpha value is -0.990. The fourth-order valence-electron chi connectivity index (χ4n) is 2.14. The normalized spacial score (nSPS) is 10.5. The average Bonchev–Trinajstić information content (AvgIpc) is 2.40. The number of para-hydroxylation sites is 1. The van der Waals surface area contributed by atoms with Gasteiger partial charge >= 0.3 is 0 Å². The van der Waals surface area contributed by atoms with Gasteiger partial charge in [-0.15, -0.1) is 0 Å². The van der Waals surface area contributed by atoms with E-state index in [2.05, 4.69) is 53.3 Å². The molecule has 100 valence electrons. The quantitative estimate of drug-likeness (QED) is 0.766. The summed E-state index contributed by atoms with van der Waals surface area (Å²) >= 11 is 9.60. The molecular formula is C16H17BrClN. The van der Waals surface area contributed by atoms with Gasteiger partial charge in [0.2, 0.25) is 0 Å². The first kappa shape index (κ1) is 14.4. The summed E-state index contributed by atoms with van der Waals surface area (Å²) in [6, 6.07) is 12.3. The van der Waals surface area contributed by atoms with E-state index in [0.29, 0.717) is 0 Å². The lowest BCUT2D eigenvalue weighted by Crippen LogP contribution is -2.04. The molecule has 0 aliphatic heterocycles. The summed E-state index contributed by atoms with van der Waals surface area (Å²) < 4.78 is 1.08. The van der Waals surface area contributed by atoms with E-state index in [-0.39, 0.29) is 0 Å². The molecular weight excluding hydrogens is 322 g/mol. The van der Waals surface area contributed by atoms with Crippen LogP contribution in [0.25, 0.3) is 0 Å². The van der Waals surface area contributed by atoms with Gasteiger partial charge in [0.05, 0.1) is 0 Å². The fraction of sp³-hybridized carbons (Fsp3) is 0.250. The number of aryl methyl sites for hydroxylation is 2. The molecule has 2 aromatic rings. The van der Waals surface area contributed by atoms with Crippen molar-refractivity contribution in [1.29, 1.82) is 0 Å². The molecule has 1 N–H and O–H groups in total. The summed E-state index contributed by atoms with van der Waals surface area (Å²) in [6.45, 7) is 5.07. The molecule has 0 heterocycles. The minimum atomic E-state index is 0.763. The zero-order valence-electron chi connectivity index (χ0n) is 11.1. The fourth-order valence-corrected chi connectivity index (χ4v) is 2.72. The van der Waals surface area contributed by atoms with Crippen LogP contribution in [0, 0.1) is 6.92 Å². The van der Waals surface area contributed by atoms with E-state index in [0.717, 1.165) is 28.0 Å². The van der Waals surface area contributed by atoms with E-state index in [1.165, 1.54) is 16.8 Å². The molecule has 3 heteroatoms. The zero-order chi connectivity index (χ0) is 13.8. The van der Waals surface area contributed by atoms with Gasteiger partial charge in [0.15, 0.2) is 0 Å². The molecule has 2 aromatic carbocycles. The molecule has 0 aromatic heterocycles. The molecule has 0 radical (unpaired) electrons. The van der Waals surface area contributed by atoms with Crippen LogP contribution in [0.3, 0.4) is 0 Å². The second-order valence-electron chi connectivity index (χ2n) is 4.55. The zero-order valence-corrected chi connectivity index (χ0v) is 13.5. The van der Waals surface area contributed by atoms with E-state index in [9.17, 15) is 0 Å². The molecule has 0 bridgehead atoms. The number of hydrogen-bond donors (Lipinski definition) is 1. The lowest BCUT2D eigenvalue weighted by molar-refractivity contribution is 1.08. The number of hydrogen-bond acceptors (Lipinski definition) is 1. The third kappa shape index (κ3) is 3.52. The summed E-state index contributed by atoms with van der Waals surface area (Å²) in [5.41, 5.74) is 5.02. The van der Waals surface area contributed by atoms with Crippen molar-refractivity contribution in [2.45, 2.75) is 26.8 Å². The van der Waals surface area contributed by atoms with Gasteiger partial charge in [-0.2, -0.15) is 0 Å². The Morgan fingerprint density at radius 1 is 1.16 bits per heavy atom. The highest BCUT2D eigenvalue weighted by atomic mass is 79.9. The average molecular weight is 339 g/mol. The summed E-state index contributed by atoms with van der Waals surface area (Å²) in [5.74, 6) is 0.